The number of hydrogen-bond acceptors (Lipinski definition) is 5. The number of halogens is 3. The van der Waals surface area contributed by atoms with Gasteiger partial charge in [0.25, 0.3) is 5.89 Å². The molecular weight excluding hydrogens is 483 g/mol. The van der Waals surface area contributed by atoms with E-state index >= 15 is 0 Å². The number of carboxylic acids is 1. The number of alkyl halides is 3. The molecule has 4 aromatic rings. The lowest BCUT2D eigenvalue weighted by atomic mass is 9.94. The molecule has 0 amide bonds. The summed E-state index contributed by atoms with van der Waals surface area (Å²) in [5.41, 5.74) is 2.70. The van der Waals surface area contributed by atoms with Gasteiger partial charge >= 0.3 is 12.1 Å². The molecule has 1 heterocycles. The SMILES string of the molecule is Cc1cc(-c2nc(-c3cccc(C(C)N(C)[C@@H](C)C(=O)O)c3)no2)ccc1-c1ccccc1C(F)(F)F. The fourth-order valence-corrected chi connectivity index (χ4v) is 4.20. The van der Waals surface area contributed by atoms with Crippen LogP contribution in [0.25, 0.3) is 34.0 Å². The second-order valence-electron chi connectivity index (χ2n) is 8.98. The maximum Gasteiger partial charge on any atom is 0.417 e. The first kappa shape index (κ1) is 26.1. The van der Waals surface area contributed by atoms with Gasteiger partial charge < -0.3 is 9.63 Å². The van der Waals surface area contributed by atoms with E-state index in [0.717, 1.165) is 11.6 Å². The van der Waals surface area contributed by atoms with Gasteiger partial charge in [0.1, 0.15) is 6.04 Å². The highest BCUT2D eigenvalue weighted by Crippen LogP contribution is 2.39. The van der Waals surface area contributed by atoms with Gasteiger partial charge in [-0.2, -0.15) is 18.2 Å². The minimum Gasteiger partial charge on any atom is -0.480 e. The topological polar surface area (TPSA) is 79.5 Å². The van der Waals surface area contributed by atoms with E-state index in [1.165, 1.54) is 12.1 Å². The second-order valence-corrected chi connectivity index (χ2v) is 8.98. The number of benzene rings is 3. The third kappa shape index (κ3) is 5.41. The molecule has 6 nitrogen and oxygen atoms in total. The van der Waals surface area contributed by atoms with Crippen LogP contribution < -0.4 is 0 Å². The van der Waals surface area contributed by atoms with Gasteiger partial charge in [0.05, 0.1) is 5.56 Å². The van der Waals surface area contributed by atoms with Gasteiger partial charge in [-0.3, -0.25) is 9.69 Å². The molecule has 3 aromatic carbocycles. The lowest BCUT2D eigenvalue weighted by Gasteiger charge is -2.28. The van der Waals surface area contributed by atoms with E-state index in [1.807, 2.05) is 31.2 Å². The van der Waals surface area contributed by atoms with Gasteiger partial charge in [0, 0.05) is 17.2 Å². The fourth-order valence-electron chi connectivity index (χ4n) is 4.20. The molecule has 0 saturated carbocycles. The van der Waals surface area contributed by atoms with Crippen molar-refractivity contribution in [3.8, 4) is 34.0 Å². The van der Waals surface area contributed by atoms with Crippen molar-refractivity contribution in [1.82, 2.24) is 15.0 Å². The maximum absolute atomic E-state index is 13.5. The standard InChI is InChI=1S/C28H26F3N3O3/c1-16-14-21(12-13-22(16)23-10-5-6-11-24(23)28(29,30)31)26-32-25(33-37-26)20-9-7-8-19(15-20)17(2)34(4)18(3)27(35)36/h5-15,17-18H,1-4H3,(H,35,36)/t17?,18-/m0/s1. The van der Waals surface area contributed by atoms with Crippen molar-refractivity contribution in [2.75, 3.05) is 7.05 Å². The van der Waals surface area contributed by atoms with E-state index in [1.54, 1.807) is 50.1 Å². The molecule has 9 heteroatoms. The molecule has 1 unspecified atom stereocenters. The van der Waals surface area contributed by atoms with Crippen LogP contribution in [0.5, 0.6) is 0 Å². The summed E-state index contributed by atoms with van der Waals surface area (Å²) in [4.78, 5) is 17.6. The molecule has 0 aliphatic rings. The Kier molecular flexibility index (Phi) is 7.18. The Balaban J connectivity index is 1.62. The molecule has 0 spiro atoms. The first-order chi connectivity index (χ1) is 17.5. The molecule has 2 atom stereocenters. The van der Waals surface area contributed by atoms with E-state index in [-0.39, 0.29) is 17.5 Å². The Morgan fingerprint density at radius 3 is 2.38 bits per heavy atom. The number of likely N-dealkylation sites (N-methyl/N-ethyl adjacent to an activating group) is 1. The fraction of sp³-hybridized carbons (Fsp3) is 0.250. The average molecular weight is 510 g/mol. The summed E-state index contributed by atoms with van der Waals surface area (Å²) >= 11 is 0. The number of carbonyl (C=O) groups is 1. The van der Waals surface area contributed by atoms with Gasteiger partial charge in [-0.25, -0.2) is 0 Å². The molecule has 0 aliphatic heterocycles. The first-order valence-corrected chi connectivity index (χ1v) is 11.6. The Labute approximate surface area is 212 Å². The number of carboxylic acid groups (broad SMARTS) is 1. The summed E-state index contributed by atoms with van der Waals surface area (Å²) < 4.78 is 46.0. The molecule has 0 aliphatic carbocycles. The van der Waals surface area contributed by atoms with Crippen LogP contribution >= 0.6 is 0 Å². The summed E-state index contributed by atoms with van der Waals surface area (Å²) in [6, 6.07) is 17.1. The number of aliphatic carboxylic acids is 1. The second kappa shape index (κ2) is 10.2. The molecule has 1 N–H and O–H groups in total. The lowest BCUT2D eigenvalue weighted by Crippen LogP contribution is -2.37. The Hall–Kier alpha value is -3.98. The molecule has 4 rings (SSSR count). The van der Waals surface area contributed by atoms with Gasteiger partial charge in [-0.1, -0.05) is 47.6 Å². The van der Waals surface area contributed by atoms with Crippen LogP contribution in [0.2, 0.25) is 0 Å². The van der Waals surface area contributed by atoms with Crippen molar-refractivity contribution in [1.29, 1.82) is 0 Å². The van der Waals surface area contributed by atoms with Gasteiger partial charge in [0.2, 0.25) is 5.82 Å². The van der Waals surface area contributed by atoms with Crippen LogP contribution in [0.4, 0.5) is 13.2 Å². The number of aryl methyl sites for hydroxylation is 1. The number of hydrogen-bond donors (Lipinski definition) is 1. The van der Waals surface area contributed by atoms with Crippen LogP contribution in [0.1, 0.15) is 36.6 Å². The van der Waals surface area contributed by atoms with Crippen molar-refractivity contribution in [2.45, 2.75) is 39.0 Å². The molecule has 0 saturated heterocycles. The number of aromatic nitrogens is 2. The van der Waals surface area contributed by atoms with E-state index in [2.05, 4.69) is 10.1 Å². The first-order valence-electron chi connectivity index (χ1n) is 11.6. The highest BCUT2D eigenvalue weighted by atomic mass is 19.4. The van der Waals surface area contributed by atoms with Crippen molar-refractivity contribution in [2.24, 2.45) is 0 Å². The average Bonchev–Trinajstić information content (AvgIpc) is 3.37. The molecule has 37 heavy (non-hydrogen) atoms. The quantitative estimate of drug-likeness (QED) is 0.293. The Morgan fingerprint density at radius 1 is 0.973 bits per heavy atom. The molecular formula is C28H26F3N3O3. The van der Waals surface area contributed by atoms with Crippen molar-refractivity contribution < 1.29 is 27.6 Å². The molecule has 0 bridgehead atoms. The summed E-state index contributed by atoms with van der Waals surface area (Å²) in [6.45, 7) is 5.29. The van der Waals surface area contributed by atoms with E-state index < -0.39 is 23.8 Å². The van der Waals surface area contributed by atoms with Crippen LogP contribution in [-0.2, 0) is 11.0 Å². The van der Waals surface area contributed by atoms with Gasteiger partial charge in [-0.05, 0) is 74.3 Å². The summed E-state index contributed by atoms with van der Waals surface area (Å²) in [5, 5.41) is 13.4. The lowest BCUT2D eigenvalue weighted by molar-refractivity contribution is -0.143. The highest BCUT2D eigenvalue weighted by molar-refractivity contribution is 5.74. The Morgan fingerprint density at radius 2 is 1.70 bits per heavy atom. The van der Waals surface area contributed by atoms with E-state index in [4.69, 9.17) is 4.52 Å². The smallest absolute Gasteiger partial charge is 0.417 e. The van der Waals surface area contributed by atoms with Crippen LogP contribution in [0, 0.1) is 6.92 Å². The summed E-state index contributed by atoms with van der Waals surface area (Å²) in [5.74, 6) is -0.317. The molecule has 1 aromatic heterocycles. The zero-order valence-electron chi connectivity index (χ0n) is 20.7. The monoisotopic (exact) mass is 509 g/mol. The third-order valence-corrected chi connectivity index (χ3v) is 6.63. The predicted octanol–water partition coefficient (Wildman–Crippen LogP) is 6.86. The zero-order valence-corrected chi connectivity index (χ0v) is 20.7. The Bertz CT molecular complexity index is 1430. The minimum atomic E-state index is -4.46. The number of rotatable bonds is 7. The van der Waals surface area contributed by atoms with Crippen molar-refractivity contribution in [3.05, 3.63) is 83.4 Å². The van der Waals surface area contributed by atoms with E-state index in [0.29, 0.717) is 28.1 Å². The highest BCUT2D eigenvalue weighted by Gasteiger charge is 2.33. The third-order valence-electron chi connectivity index (χ3n) is 6.63. The molecule has 0 radical (unpaired) electrons. The normalized spacial score (nSPS) is 13.5. The summed E-state index contributed by atoms with van der Waals surface area (Å²) in [6.07, 6.45) is -4.46. The van der Waals surface area contributed by atoms with Gasteiger partial charge in [-0.15, -0.1) is 0 Å². The van der Waals surface area contributed by atoms with Crippen molar-refractivity contribution in [3.63, 3.8) is 0 Å². The number of nitrogens with zero attached hydrogens (tertiary/aromatic N) is 3. The molecule has 0 fully saturated rings. The predicted molar refractivity (Wildman–Crippen MR) is 134 cm³/mol. The van der Waals surface area contributed by atoms with Gasteiger partial charge in [0.15, 0.2) is 0 Å². The molecule has 192 valence electrons. The minimum absolute atomic E-state index is 0.110. The van der Waals surface area contributed by atoms with Crippen molar-refractivity contribution >= 4 is 5.97 Å². The van der Waals surface area contributed by atoms with E-state index in [9.17, 15) is 23.1 Å². The van der Waals surface area contributed by atoms with Crippen LogP contribution in [0.15, 0.2) is 71.3 Å². The van der Waals surface area contributed by atoms with Crippen LogP contribution in [-0.4, -0.2) is 39.2 Å². The maximum atomic E-state index is 13.5. The largest absolute Gasteiger partial charge is 0.480 e. The summed E-state index contributed by atoms with van der Waals surface area (Å²) in [7, 11) is 1.75. The zero-order chi connectivity index (χ0) is 26.9. The van der Waals surface area contributed by atoms with Crippen LogP contribution in [0.3, 0.4) is 0 Å².